The maximum atomic E-state index is 10.6. The molecule has 0 spiro atoms. The van der Waals surface area contributed by atoms with E-state index in [1.54, 1.807) is 6.08 Å². The molecule has 0 aromatic carbocycles. The van der Waals surface area contributed by atoms with Crippen LogP contribution in [0.2, 0.25) is 0 Å². The lowest BCUT2D eigenvalue weighted by atomic mass is 10.1. The molecular formula is C11H20O3S. The van der Waals surface area contributed by atoms with Crippen molar-refractivity contribution >= 4 is 18.6 Å². The normalized spacial score (nSPS) is 14.4. The Morgan fingerprint density at radius 2 is 2.13 bits per heavy atom. The van der Waals surface area contributed by atoms with Crippen LogP contribution in [0.15, 0.2) is 12.2 Å². The molecule has 0 rings (SSSR count). The van der Waals surface area contributed by atoms with E-state index in [2.05, 4.69) is 12.6 Å². The van der Waals surface area contributed by atoms with Gasteiger partial charge in [0.25, 0.3) is 0 Å². The predicted octanol–water partition coefficient (Wildman–Crippen LogP) is 2.52. The molecule has 88 valence electrons. The molecule has 0 fully saturated rings. The monoisotopic (exact) mass is 232 g/mol. The van der Waals surface area contributed by atoms with Gasteiger partial charge < -0.3 is 9.84 Å². The van der Waals surface area contributed by atoms with Gasteiger partial charge in [-0.2, -0.15) is 12.6 Å². The zero-order chi connectivity index (χ0) is 11.9. The van der Waals surface area contributed by atoms with Crippen LogP contribution in [-0.4, -0.2) is 28.5 Å². The third kappa shape index (κ3) is 9.82. The first-order chi connectivity index (χ1) is 6.85. The summed E-state index contributed by atoms with van der Waals surface area (Å²) in [6.07, 6.45) is 4.18. The van der Waals surface area contributed by atoms with Crippen LogP contribution in [0.3, 0.4) is 0 Å². The molecule has 0 aromatic rings. The Kier molecular flexibility index (Phi) is 6.68. The topological polar surface area (TPSA) is 46.5 Å². The number of hydrogen-bond acceptors (Lipinski definition) is 3. The highest BCUT2D eigenvalue weighted by atomic mass is 32.1. The molecule has 0 aliphatic carbocycles. The van der Waals surface area contributed by atoms with Gasteiger partial charge in [-0.3, -0.25) is 4.79 Å². The summed E-state index contributed by atoms with van der Waals surface area (Å²) in [6.45, 7) is 5.73. The fraction of sp³-hybridized carbons (Fsp3) is 0.727. The molecule has 0 saturated carbocycles. The molecule has 0 aliphatic rings. The van der Waals surface area contributed by atoms with Gasteiger partial charge in [0.1, 0.15) is 0 Å². The third-order valence-electron chi connectivity index (χ3n) is 1.53. The summed E-state index contributed by atoms with van der Waals surface area (Å²) in [5, 5.41) is 8.71. The second-order valence-corrected chi connectivity index (χ2v) is 4.75. The summed E-state index contributed by atoms with van der Waals surface area (Å²) < 4.78 is 5.60. The van der Waals surface area contributed by atoms with Crippen molar-refractivity contribution in [2.24, 2.45) is 0 Å². The van der Waals surface area contributed by atoms with Crippen LogP contribution in [0, 0.1) is 0 Å². The predicted molar refractivity (Wildman–Crippen MR) is 64.5 cm³/mol. The Labute approximate surface area is 96.9 Å². The van der Waals surface area contributed by atoms with Crippen LogP contribution >= 0.6 is 12.6 Å². The van der Waals surface area contributed by atoms with E-state index in [9.17, 15) is 4.79 Å². The van der Waals surface area contributed by atoms with Crippen LogP contribution in [0.5, 0.6) is 0 Å². The molecule has 1 atom stereocenters. The van der Waals surface area contributed by atoms with Crippen molar-refractivity contribution in [1.82, 2.24) is 0 Å². The van der Waals surface area contributed by atoms with Gasteiger partial charge in [0, 0.05) is 0 Å². The van der Waals surface area contributed by atoms with E-state index in [0.717, 1.165) is 12.2 Å². The van der Waals surface area contributed by atoms with Gasteiger partial charge >= 0.3 is 5.97 Å². The summed E-state index contributed by atoms with van der Waals surface area (Å²) in [4.78, 5) is 10.6. The van der Waals surface area contributed by atoms with Gasteiger partial charge in [0.05, 0.1) is 18.1 Å². The average Bonchev–Trinajstić information content (AvgIpc) is 2.00. The first kappa shape index (κ1) is 14.5. The summed E-state index contributed by atoms with van der Waals surface area (Å²) in [5.74, 6) is -0.0917. The molecule has 4 heteroatoms. The van der Waals surface area contributed by atoms with Gasteiger partial charge in [-0.15, -0.1) is 0 Å². The summed E-state index contributed by atoms with van der Waals surface area (Å²) in [6, 6.07) is 0. The van der Waals surface area contributed by atoms with Crippen molar-refractivity contribution in [3.63, 3.8) is 0 Å². The highest BCUT2D eigenvalue weighted by molar-refractivity contribution is 7.80. The SMILES string of the molecule is CC(C)(C)OC(C=CCCS)CC(=O)O. The second kappa shape index (κ2) is 6.90. The average molecular weight is 232 g/mol. The van der Waals surface area contributed by atoms with E-state index < -0.39 is 5.97 Å². The number of hydrogen-bond donors (Lipinski definition) is 2. The number of rotatable bonds is 6. The lowest BCUT2D eigenvalue weighted by Gasteiger charge is -2.24. The van der Waals surface area contributed by atoms with Crippen LogP contribution in [0.4, 0.5) is 0 Å². The highest BCUT2D eigenvalue weighted by Gasteiger charge is 2.18. The van der Waals surface area contributed by atoms with E-state index >= 15 is 0 Å². The zero-order valence-electron chi connectivity index (χ0n) is 9.56. The number of carboxylic acids is 1. The van der Waals surface area contributed by atoms with Gasteiger partial charge in [-0.1, -0.05) is 12.2 Å². The number of aliphatic carboxylic acids is 1. The molecular weight excluding hydrogens is 212 g/mol. The molecule has 3 nitrogen and oxygen atoms in total. The summed E-state index contributed by atoms with van der Waals surface area (Å²) >= 11 is 4.07. The van der Waals surface area contributed by atoms with Gasteiger partial charge in [-0.25, -0.2) is 0 Å². The maximum absolute atomic E-state index is 10.6. The van der Waals surface area contributed by atoms with Gasteiger partial charge in [0.2, 0.25) is 0 Å². The van der Waals surface area contributed by atoms with E-state index in [-0.39, 0.29) is 18.1 Å². The van der Waals surface area contributed by atoms with E-state index in [0.29, 0.717) is 0 Å². The van der Waals surface area contributed by atoms with Crippen molar-refractivity contribution in [2.45, 2.75) is 45.3 Å². The third-order valence-corrected chi connectivity index (χ3v) is 1.79. The first-order valence-electron chi connectivity index (χ1n) is 5.02. The van der Waals surface area contributed by atoms with Crippen molar-refractivity contribution < 1.29 is 14.6 Å². The highest BCUT2D eigenvalue weighted by Crippen LogP contribution is 2.14. The van der Waals surface area contributed by atoms with Crippen molar-refractivity contribution in [3.05, 3.63) is 12.2 Å². The summed E-state index contributed by atoms with van der Waals surface area (Å²) in [7, 11) is 0. The van der Waals surface area contributed by atoms with Crippen molar-refractivity contribution in [2.75, 3.05) is 5.75 Å². The van der Waals surface area contributed by atoms with Gasteiger partial charge in [0.15, 0.2) is 0 Å². The van der Waals surface area contributed by atoms with E-state index in [4.69, 9.17) is 9.84 Å². The molecule has 0 aromatic heterocycles. The Morgan fingerprint density at radius 1 is 1.53 bits per heavy atom. The standard InChI is InChI=1S/C11H20O3S/c1-11(2,3)14-9(8-10(12)13)6-4-5-7-15/h4,6,9,15H,5,7-8H2,1-3H3,(H,12,13). The molecule has 1 unspecified atom stereocenters. The molecule has 15 heavy (non-hydrogen) atoms. The fourth-order valence-corrected chi connectivity index (χ4v) is 1.25. The Balaban J connectivity index is 4.24. The number of thiol groups is 1. The largest absolute Gasteiger partial charge is 0.481 e. The first-order valence-corrected chi connectivity index (χ1v) is 5.65. The molecule has 0 radical (unpaired) electrons. The van der Waals surface area contributed by atoms with Gasteiger partial charge in [-0.05, 0) is 32.9 Å². The number of ether oxygens (including phenoxy) is 1. The van der Waals surface area contributed by atoms with Crippen LogP contribution in [-0.2, 0) is 9.53 Å². The molecule has 0 saturated heterocycles. The Morgan fingerprint density at radius 3 is 2.53 bits per heavy atom. The Bertz CT molecular complexity index is 218. The van der Waals surface area contributed by atoms with Crippen LogP contribution in [0.1, 0.15) is 33.6 Å². The van der Waals surface area contributed by atoms with E-state index in [1.165, 1.54) is 0 Å². The minimum Gasteiger partial charge on any atom is -0.481 e. The van der Waals surface area contributed by atoms with E-state index in [1.807, 2.05) is 26.8 Å². The molecule has 0 aliphatic heterocycles. The smallest absolute Gasteiger partial charge is 0.306 e. The van der Waals surface area contributed by atoms with Crippen LogP contribution < -0.4 is 0 Å². The lowest BCUT2D eigenvalue weighted by Crippen LogP contribution is -2.27. The molecule has 0 bridgehead atoms. The van der Waals surface area contributed by atoms with Crippen molar-refractivity contribution in [1.29, 1.82) is 0 Å². The number of carbonyl (C=O) groups is 1. The molecule has 1 N–H and O–H groups in total. The zero-order valence-corrected chi connectivity index (χ0v) is 10.5. The van der Waals surface area contributed by atoms with Crippen molar-refractivity contribution in [3.8, 4) is 0 Å². The second-order valence-electron chi connectivity index (χ2n) is 4.31. The minimum absolute atomic E-state index is 0.000339. The fourth-order valence-electron chi connectivity index (χ4n) is 1.10. The minimum atomic E-state index is -0.847. The number of allylic oxidation sites excluding steroid dienone is 1. The Hall–Kier alpha value is -0.480. The quantitative estimate of drug-likeness (QED) is 0.546. The molecule has 0 heterocycles. The molecule has 0 amide bonds. The summed E-state index contributed by atoms with van der Waals surface area (Å²) in [5.41, 5.74) is -0.328. The number of carboxylic acid groups (broad SMARTS) is 1. The van der Waals surface area contributed by atoms with Crippen LogP contribution in [0.25, 0.3) is 0 Å². The lowest BCUT2D eigenvalue weighted by molar-refractivity contribution is -0.141. The maximum Gasteiger partial charge on any atom is 0.306 e.